The van der Waals surface area contributed by atoms with E-state index < -0.39 is 0 Å². The van der Waals surface area contributed by atoms with Crippen molar-refractivity contribution < 1.29 is 30.6 Å². The molecule has 0 saturated heterocycles. The van der Waals surface area contributed by atoms with E-state index in [2.05, 4.69) is 161 Å². The van der Waals surface area contributed by atoms with Crippen LogP contribution in [-0.4, -0.2) is 19.6 Å². The van der Waals surface area contributed by atoms with E-state index >= 15 is 0 Å². The van der Waals surface area contributed by atoms with Gasteiger partial charge in [-0.15, -0.1) is 29.3 Å². The minimum atomic E-state index is -0.361. The Morgan fingerprint density at radius 3 is 2.03 bits per heavy atom. The van der Waals surface area contributed by atoms with Crippen LogP contribution in [0.4, 0.5) is 0 Å². The van der Waals surface area contributed by atoms with Crippen LogP contribution in [0.1, 0.15) is 51.3 Å². The van der Waals surface area contributed by atoms with E-state index in [1.165, 1.54) is 11.1 Å². The first-order valence-electron chi connectivity index (χ1n) is 20.5. The van der Waals surface area contributed by atoms with Crippen molar-refractivity contribution in [1.29, 1.82) is 0 Å². The third-order valence-electron chi connectivity index (χ3n) is 11.9. The zero-order chi connectivity index (χ0) is 41.2. The minimum absolute atomic E-state index is 0. The van der Waals surface area contributed by atoms with E-state index in [-0.39, 0.29) is 37.6 Å². The molecular formula is C55H44N3O2Pt-. The fourth-order valence-corrected chi connectivity index (χ4v) is 8.46. The number of para-hydroxylation sites is 3. The quantitative estimate of drug-likeness (QED) is 0.162. The van der Waals surface area contributed by atoms with Gasteiger partial charge in [0.2, 0.25) is 0 Å². The Balaban J connectivity index is 0.00000476. The average Bonchev–Trinajstić information content (AvgIpc) is 3.85. The molecule has 10 aromatic rings. The molecule has 0 atom stereocenters. The Hall–Kier alpha value is -6.55. The van der Waals surface area contributed by atoms with Crippen LogP contribution in [0.5, 0.6) is 5.75 Å². The number of rotatable bonds is 7. The molecule has 0 fully saturated rings. The second kappa shape index (κ2) is 15.5. The first-order chi connectivity index (χ1) is 29.0. The summed E-state index contributed by atoms with van der Waals surface area (Å²) in [6.07, 6.45) is 1.82. The molecule has 0 aliphatic heterocycles. The number of phenols is 1. The molecule has 0 radical (unpaired) electrons. The number of aromatic nitrogens is 3. The molecule has 0 aliphatic carbocycles. The minimum Gasteiger partial charge on any atom is -0.507 e. The van der Waals surface area contributed by atoms with Gasteiger partial charge in [-0.25, -0.2) is 4.98 Å². The molecule has 0 amide bonds. The molecule has 7 aromatic carbocycles. The van der Waals surface area contributed by atoms with E-state index in [9.17, 15) is 5.11 Å². The van der Waals surface area contributed by atoms with E-state index in [1.807, 2.05) is 48.7 Å². The largest absolute Gasteiger partial charge is 0.507 e. The third-order valence-corrected chi connectivity index (χ3v) is 11.9. The molecule has 0 spiro atoms. The molecule has 10 rings (SSSR count). The molecule has 5 nitrogen and oxygen atoms in total. The number of aromatic hydroxyl groups is 1. The monoisotopic (exact) mass is 973 g/mol. The average molecular weight is 974 g/mol. The predicted octanol–water partition coefficient (Wildman–Crippen LogP) is 14.1. The summed E-state index contributed by atoms with van der Waals surface area (Å²) in [7, 11) is 0. The fourth-order valence-electron chi connectivity index (χ4n) is 8.46. The summed E-state index contributed by atoms with van der Waals surface area (Å²) in [6, 6.07) is 60.2. The van der Waals surface area contributed by atoms with Crippen LogP contribution in [0.25, 0.3) is 83.6 Å². The van der Waals surface area contributed by atoms with Gasteiger partial charge in [0.05, 0.1) is 28.5 Å². The van der Waals surface area contributed by atoms with Gasteiger partial charge in [-0.2, -0.15) is 0 Å². The third kappa shape index (κ3) is 7.07. The Labute approximate surface area is 370 Å². The topological polar surface area (TPSA) is 64.1 Å². The maximum atomic E-state index is 11.4. The normalized spacial score (nSPS) is 12.0. The predicted molar refractivity (Wildman–Crippen MR) is 246 cm³/mol. The van der Waals surface area contributed by atoms with Crippen LogP contribution in [0.3, 0.4) is 0 Å². The van der Waals surface area contributed by atoms with Gasteiger partial charge in [-0.05, 0) is 58.5 Å². The van der Waals surface area contributed by atoms with Crippen molar-refractivity contribution in [2.75, 3.05) is 0 Å². The summed E-state index contributed by atoms with van der Waals surface area (Å²) in [5, 5.41) is 13.5. The van der Waals surface area contributed by atoms with Gasteiger partial charge < -0.3 is 9.52 Å². The van der Waals surface area contributed by atoms with Crippen molar-refractivity contribution in [3.63, 3.8) is 0 Å². The molecule has 61 heavy (non-hydrogen) atoms. The number of pyridine rings is 1. The number of fused-ring (bicyclic) bond motifs is 4. The number of benzene rings is 7. The second-order valence-corrected chi connectivity index (χ2v) is 17.2. The Bertz CT molecular complexity index is 3230. The fraction of sp³-hybridized carbons (Fsp3) is 0.127. The number of imidazole rings is 1. The van der Waals surface area contributed by atoms with E-state index in [0.717, 1.165) is 77.7 Å². The number of nitrogens with zero attached hydrogens (tertiary/aromatic N) is 3. The van der Waals surface area contributed by atoms with Gasteiger partial charge in [0, 0.05) is 48.5 Å². The Kier molecular flexibility index (Phi) is 10.1. The zero-order valence-electron chi connectivity index (χ0n) is 34.7. The van der Waals surface area contributed by atoms with Gasteiger partial charge in [-0.1, -0.05) is 161 Å². The van der Waals surface area contributed by atoms with Gasteiger partial charge >= 0.3 is 0 Å². The molecule has 0 aliphatic rings. The molecule has 6 heteroatoms. The molecular weight excluding hydrogens is 930 g/mol. The number of phenolic OH excluding ortho intramolecular Hbond substituents is 1. The first-order valence-corrected chi connectivity index (χ1v) is 20.5. The van der Waals surface area contributed by atoms with E-state index in [0.29, 0.717) is 11.4 Å². The van der Waals surface area contributed by atoms with Gasteiger partial charge in [0.25, 0.3) is 0 Å². The molecule has 302 valence electrons. The number of hydrogen-bond donors (Lipinski definition) is 1. The van der Waals surface area contributed by atoms with Crippen molar-refractivity contribution in [3.05, 3.63) is 193 Å². The summed E-state index contributed by atoms with van der Waals surface area (Å²) in [6.45, 7) is 11.3. The summed E-state index contributed by atoms with van der Waals surface area (Å²) < 4.78 is 8.38. The molecule has 3 heterocycles. The van der Waals surface area contributed by atoms with Crippen molar-refractivity contribution in [2.45, 2.75) is 45.4 Å². The van der Waals surface area contributed by atoms with Crippen LogP contribution >= 0.6 is 0 Å². The SMILES string of the molecule is CC(C)(C)c1ccc(-n2c(-c3ccccc3O)nc3c(-c4[c-]c(-c5cc6c(cn5)oc5ccccc56)cc(C(C)(C)c5ccccc5)c4)cccc32)c(-c2ccccc2)c1.[Pt]. The summed E-state index contributed by atoms with van der Waals surface area (Å²) >= 11 is 0. The first kappa shape index (κ1) is 39.9. The van der Waals surface area contributed by atoms with Crippen LogP contribution in [0.2, 0.25) is 0 Å². The van der Waals surface area contributed by atoms with Crippen LogP contribution < -0.4 is 0 Å². The van der Waals surface area contributed by atoms with Crippen molar-refractivity contribution >= 4 is 33.0 Å². The van der Waals surface area contributed by atoms with Crippen LogP contribution in [0, 0.1) is 6.07 Å². The molecule has 3 aromatic heterocycles. The van der Waals surface area contributed by atoms with Crippen LogP contribution in [-0.2, 0) is 31.9 Å². The molecule has 1 N–H and O–H groups in total. The Morgan fingerprint density at radius 1 is 0.574 bits per heavy atom. The number of furan rings is 1. The second-order valence-electron chi connectivity index (χ2n) is 17.2. The zero-order valence-corrected chi connectivity index (χ0v) is 37.0. The summed E-state index contributed by atoms with van der Waals surface area (Å²) in [5.41, 5.74) is 13.7. The van der Waals surface area contributed by atoms with Gasteiger partial charge in [0.1, 0.15) is 17.2 Å². The summed E-state index contributed by atoms with van der Waals surface area (Å²) in [4.78, 5) is 10.4. The van der Waals surface area contributed by atoms with E-state index in [1.54, 1.807) is 6.07 Å². The maximum Gasteiger partial charge on any atom is 0.152 e. The standard InChI is InChI=1S/C55H44N3O2.Pt/c1-54(2,3)39-27-28-47(44(32-39)35-17-8-6-9-18-35)58-48-24-16-23-41(52(48)57-53(58)43-22-12-14-25-49(43)59)36-29-37(31-40(30-36)55(4,5)38-19-10-7-11-20-38)46-33-45-42-21-13-15-26-50(42)60-51(45)34-56-46;/h6-28,30-34,59H,1-5H3;/q-1;. The van der Waals surface area contributed by atoms with Crippen molar-refractivity contribution in [1.82, 2.24) is 14.5 Å². The molecule has 0 bridgehead atoms. The van der Waals surface area contributed by atoms with Gasteiger partial charge in [-0.3, -0.25) is 9.55 Å². The molecule has 0 saturated carbocycles. The van der Waals surface area contributed by atoms with Crippen molar-refractivity contribution in [2.24, 2.45) is 0 Å². The number of hydrogen-bond acceptors (Lipinski definition) is 4. The smallest absolute Gasteiger partial charge is 0.152 e. The van der Waals surface area contributed by atoms with E-state index in [4.69, 9.17) is 14.4 Å². The maximum absolute atomic E-state index is 11.4. The summed E-state index contributed by atoms with van der Waals surface area (Å²) in [5.74, 6) is 0.813. The van der Waals surface area contributed by atoms with Crippen LogP contribution in [0.15, 0.2) is 174 Å². The van der Waals surface area contributed by atoms with Crippen molar-refractivity contribution in [3.8, 4) is 56.3 Å². The molecule has 0 unspecified atom stereocenters. The Morgan fingerprint density at radius 2 is 1.26 bits per heavy atom. The van der Waals surface area contributed by atoms with Gasteiger partial charge in [0.15, 0.2) is 5.58 Å².